The highest BCUT2D eigenvalue weighted by molar-refractivity contribution is 5.95. The Morgan fingerprint density at radius 1 is 0.875 bits per heavy atom. The molecule has 0 unspecified atom stereocenters. The Kier molecular flexibility index (Phi) is 6.22. The molecule has 4 aromatic rings. The van der Waals surface area contributed by atoms with Gasteiger partial charge in [-0.2, -0.15) is 0 Å². The molecular formula is C26H24N2O4. The fraction of sp³-hybridized carbons (Fsp3) is 0.154. The standard InChI is InChI=1S/C26H24N2O4/c1-31-22-12-10-18(11-13-22)14-25(29)28(21-7-5-8-23(16-21)32-2)17-20-15-19-6-3-4-9-24(19)27-26(20)30/h3-13,15-16H,14,17H2,1-2H3,(H,27,30). The lowest BCUT2D eigenvalue weighted by Crippen LogP contribution is -2.34. The number of amides is 1. The van der Waals surface area contributed by atoms with E-state index in [0.717, 1.165) is 22.2 Å². The Hall–Kier alpha value is -4.06. The summed E-state index contributed by atoms with van der Waals surface area (Å²) in [5.41, 5.74) is 2.58. The van der Waals surface area contributed by atoms with Crippen LogP contribution in [0.2, 0.25) is 0 Å². The number of hydrogen-bond acceptors (Lipinski definition) is 4. The summed E-state index contributed by atoms with van der Waals surface area (Å²) in [4.78, 5) is 30.7. The summed E-state index contributed by atoms with van der Waals surface area (Å²) in [7, 11) is 3.18. The van der Waals surface area contributed by atoms with Gasteiger partial charge in [-0.25, -0.2) is 0 Å². The van der Waals surface area contributed by atoms with Gasteiger partial charge < -0.3 is 19.4 Å². The van der Waals surface area contributed by atoms with Crippen LogP contribution in [0.25, 0.3) is 10.9 Å². The summed E-state index contributed by atoms with van der Waals surface area (Å²) in [6.45, 7) is 0.141. The maximum Gasteiger partial charge on any atom is 0.253 e. The molecule has 3 aromatic carbocycles. The van der Waals surface area contributed by atoms with Crippen molar-refractivity contribution in [2.24, 2.45) is 0 Å². The van der Waals surface area contributed by atoms with E-state index in [1.54, 1.807) is 25.2 Å². The lowest BCUT2D eigenvalue weighted by atomic mass is 10.1. The first-order valence-electron chi connectivity index (χ1n) is 10.3. The minimum Gasteiger partial charge on any atom is -0.497 e. The van der Waals surface area contributed by atoms with Gasteiger partial charge in [0.05, 0.1) is 27.2 Å². The van der Waals surface area contributed by atoms with Crippen molar-refractivity contribution in [1.29, 1.82) is 0 Å². The number of hydrogen-bond donors (Lipinski definition) is 1. The van der Waals surface area contributed by atoms with E-state index in [0.29, 0.717) is 17.0 Å². The molecule has 0 bridgehead atoms. The van der Waals surface area contributed by atoms with Crippen LogP contribution in [0.15, 0.2) is 83.7 Å². The fourth-order valence-corrected chi connectivity index (χ4v) is 3.60. The molecule has 0 saturated heterocycles. The first kappa shape index (κ1) is 21.2. The maximum atomic E-state index is 13.4. The van der Waals surface area contributed by atoms with Crippen LogP contribution in [0.4, 0.5) is 5.69 Å². The largest absolute Gasteiger partial charge is 0.497 e. The number of rotatable bonds is 7. The van der Waals surface area contributed by atoms with E-state index in [1.807, 2.05) is 72.8 Å². The quantitative estimate of drug-likeness (QED) is 0.476. The summed E-state index contributed by atoms with van der Waals surface area (Å²) in [6.07, 6.45) is 0.187. The zero-order valence-electron chi connectivity index (χ0n) is 18.0. The number of H-pyrrole nitrogens is 1. The summed E-state index contributed by atoms with van der Waals surface area (Å²) >= 11 is 0. The molecule has 0 aliphatic rings. The molecule has 6 heteroatoms. The van der Waals surface area contributed by atoms with E-state index in [4.69, 9.17) is 9.47 Å². The number of carbonyl (C=O) groups excluding carboxylic acids is 1. The average Bonchev–Trinajstić information content (AvgIpc) is 2.83. The Labute approximate surface area is 186 Å². The number of aromatic nitrogens is 1. The normalized spacial score (nSPS) is 10.7. The molecule has 0 fully saturated rings. The first-order valence-corrected chi connectivity index (χ1v) is 10.3. The van der Waals surface area contributed by atoms with Crippen molar-refractivity contribution >= 4 is 22.5 Å². The predicted molar refractivity (Wildman–Crippen MR) is 125 cm³/mol. The second kappa shape index (κ2) is 9.39. The zero-order chi connectivity index (χ0) is 22.5. The van der Waals surface area contributed by atoms with Gasteiger partial charge in [0, 0.05) is 22.8 Å². The number of methoxy groups -OCH3 is 2. The van der Waals surface area contributed by atoms with Crippen LogP contribution in [0.5, 0.6) is 11.5 Å². The third-order valence-electron chi connectivity index (χ3n) is 5.34. The van der Waals surface area contributed by atoms with Crippen molar-refractivity contribution in [3.05, 3.63) is 100 Å². The van der Waals surface area contributed by atoms with Crippen molar-refractivity contribution in [3.63, 3.8) is 0 Å². The highest BCUT2D eigenvalue weighted by Gasteiger charge is 2.19. The van der Waals surface area contributed by atoms with Crippen LogP contribution >= 0.6 is 0 Å². The van der Waals surface area contributed by atoms with E-state index in [1.165, 1.54) is 0 Å². The van der Waals surface area contributed by atoms with Crippen LogP contribution in [0.3, 0.4) is 0 Å². The molecule has 4 rings (SSSR count). The Morgan fingerprint density at radius 2 is 1.62 bits per heavy atom. The average molecular weight is 428 g/mol. The number of para-hydroxylation sites is 1. The number of aromatic amines is 1. The van der Waals surface area contributed by atoms with Gasteiger partial charge in [0.25, 0.3) is 5.56 Å². The van der Waals surface area contributed by atoms with Gasteiger partial charge in [-0.1, -0.05) is 36.4 Å². The van der Waals surface area contributed by atoms with E-state index in [9.17, 15) is 9.59 Å². The smallest absolute Gasteiger partial charge is 0.253 e. The lowest BCUT2D eigenvalue weighted by molar-refractivity contribution is -0.118. The van der Waals surface area contributed by atoms with Crippen LogP contribution in [-0.2, 0) is 17.8 Å². The van der Waals surface area contributed by atoms with E-state index < -0.39 is 0 Å². The van der Waals surface area contributed by atoms with Crippen LogP contribution in [0, 0.1) is 0 Å². The van der Waals surface area contributed by atoms with Gasteiger partial charge in [-0.15, -0.1) is 0 Å². The number of ether oxygens (including phenoxy) is 2. The van der Waals surface area contributed by atoms with Crippen molar-refractivity contribution in [2.75, 3.05) is 19.1 Å². The number of pyridine rings is 1. The molecule has 0 saturated carbocycles. The van der Waals surface area contributed by atoms with Gasteiger partial charge >= 0.3 is 0 Å². The van der Waals surface area contributed by atoms with Gasteiger partial charge in [-0.05, 0) is 47.3 Å². The highest BCUT2D eigenvalue weighted by Crippen LogP contribution is 2.24. The molecule has 1 N–H and O–H groups in total. The second-order valence-electron chi connectivity index (χ2n) is 7.42. The molecule has 1 aromatic heterocycles. The molecular weight excluding hydrogens is 404 g/mol. The Balaban J connectivity index is 1.69. The topological polar surface area (TPSA) is 71.6 Å². The Morgan fingerprint density at radius 3 is 2.38 bits per heavy atom. The summed E-state index contributed by atoms with van der Waals surface area (Å²) < 4.78 is 10.5. The number of nitrogens with one attached hydrogen (secondary N) is 1. The van der Waals surface area contributed by atoms with Crippen molar-refractivity contribution in [1.82, 2.24) is 4.98 Å². The summed E-state index contributed by atoms with van der Waals surface area (Å²) in [5, 5.41) is 0.912. The van der Waals surface area contributed by atoms with Crippen molar-refractivity contribution in [2.45, 2.75) is 13.0 Å². The van der Waals surface area contributed by atoms with Gasteiger partial charge in [0.2, 0.25) is 5.91 Å². The number of benzene rings is 3. The van der Waals surface area contributed by atoms with E-state index in [2.05, 4.69) is 4.98 Å². The van der Waals surface area contributed by atoms with Gasteiger partial charge in [-0.3, -0.25) is 9.59 Å². The van der Waals surface area contributed by atoms with Crippen LogP contribution < -0.4 is 19.9 Å². The minimum atomic E-state index is -0.214. The monoisotopic (exact) mass is 428 g/mol. The molecule has 0 atom stereocenters. The molecule has 0 aliphatic heterocycles. The number of anilines is 1. The molecule has 162 valence electrons. The second-order valence-corrected chi connectivity index (χ2v) is 7.42. The third-order valence-corrected chi connectivity index (χ3v) is 5.34. The number of fused-ring (bicyclic) bond motifs is 1. The fourth-order valence-electron chi connectivity index (χ4n) is 3.60. The van der Waals surface area contributed by atoms with Crippen molar-refractivity contribution in [3.8, 4) is 11.5 Å². The first-order chi connectivity index (χ1) is 15.6. The van der Waals surface area contributed by atoms with Gasteiger partial charge in [0.15, 0.2) is 0 Å². The maximum absolute atomic E-state index is 13.4. The minimum absolute atomic E-state index is 0.129. The van der Waals surface area contributed by atoms with Gasteiger partial charge in [0.1, 0.15) is 11.5 Å². The number of carbonyl (C=O) groups is 1. The third kappa shape index (κ3) is 4.64. The lowest BCUT2D eigenvalue weighted by Gasteiger charge is -2.23. The molecule has 32 heavy (non-hydrogen) atoms. The Bertz CT molecular complexity index is 1300. The van der Waals surface area contributed by atoms with E-state index >= 15 is 0 Å². The van der Waals surface area contributed by atoms with E-state index in [-0.39, 0.29) is 24.4 Å². The summed E-state index contributed by atoms with van der Waals surface area (Å²) in [5.74, 6) is 1.24. The molecule has 6 nitrogen and oxygen atoms in total. The van der Waals surface area contributed by atoms with Crippen molar-refractivity contribution < 1.29 is 14.3 Å². The molecule has 0 spiro atoms. The highest BCUT2D eigenvalue weighted by atomic mass is 16.5. The van der Waals surface area contributed by atoms with Crippen LogP contribution in [-0.4, -0.2) is 25.1 Å². The SMILES string of the molecule is COc1ccc(CC(=O)N(Cc2cc3ccccc3[nH]c2=O)c2cccc(OC)c2)cc1. The number of nitrogens with zero attached hydrogens (tertiary/aromatic N) is 1. The molecule has 0 aliphatic carbocycles. The molecule has 1 amide bonds. The summed E-state index contributed by atoms with van der Waals surface area (Å²) in [6, 6.07) is 24.1. The molecule has 1 heterocycles. The zero-order valence-corrected chi connectivity index (χ0v) is 18.0. The van der Waals surface area contributed by atoms with Crippen LogP contribution in [0.1, 0.15) is 11.1 Å². The predicted octanol–water partition coefficient (Wildman–Crippen LogP) is 4.32. The molecule has 0 radical (unpaired) electrons.